The zero-order valence-electron chi connectivity index (χ0n) is 15.7. The predicted octanol–water partition coefficient (Wildman–Crippen LogP) is 0.723. The third-order valence-corrected chi connectivity index (χ3v) is 7.76. The second kappa shape index (κ2) is 5.36. The summed E-state index contributed by atoms with van der Waals surface area (Å²) in [6.45, 7) is 1.36. The molecule has 1 aromatic carbocycles. The molecule has 6 rings (SSSR count). The number of carbonyl (C=O) groups is 1. The van der Waals surface area contributed by atoms with Crippen LogP contribution < -0.4 is 5.32 Å². The van der Waals surface area contributed by atoms with Gasteiger partial charge in [0.05, 0.1) is 30.3 Å². The van der Waals surface area contributed by atoms with Crippen LogP contribution in [0.4, 0.5) is 5.69 Å². The van der Waals surface area contributed by atoms with Crippen LogP contribution in [0.2, 0.25) is 0 Å². The van der Waals surface area contributed by atoms with E-state index in [1.165, 1.54) is 7.11 Å². The number of ether oxygens (including phenoxy) is 2. The normalized spacial score (nSPS) is 43.1. The molecule has 0 saturated carbocycles. The van der Waals surface area contributed by atoms with Gasteiger partial charge in [-0.15, -0.1) is 0 Å². The van der Waals surface area contributed by atoms with Crippen LogP contribution >= 0.6 is 0 Å². The largest absolute Gasteiger partial charge is 0.466 e. The van der Waals surface area contributed by atoms with Crippen LogP contribution in [0.1, 0.15) is 24.8 Å². The van der Waals surface area contributed by atoms with Gasteiger partial charge in [-0.3, -0.25) is 4.90 Å². The summed E-state index contributed by atoms with van der Waals surface area (Å²) in [6, 6.07) is 7.94. The van der Waals surface area contributed by atoms with E-state index in [9.17, 15) is 15.0 Å². The van der Waals surface area contributed by atoms with E-state index in [-0.39, 0.29) is 18.1 Å². The second-order valence-corrected chi connectivity index (χ2v) is 8.78. The number of esters is 1. The Kier molecular flexibility index (Phi) is 3.25. The lowest BCUT2D eigenvalue weighted by Crippen LogP contribution is -2.64. The first-order chi connectivity index (χ1) is 13.5. The quantitative estimate of drug-likeness (QED) is 0.615. The van der Waals surface area contributed by atoms with Gasteiger partial charge in [0.1, 0.15) is 0 Å². The van der Waals surface area contributed by atoms with Crippen molar-refractivity contribution in [1.29, 1.82) is 0 Å². The number of hydrogen-bond acceptors (Lipinski definition) is 7. The highest BCUT2D eigenvalue weighted by Gasteiger charge is 2.73. The third-order valence-electron chi connectivity index (χ3n) is 7.76. The maximum absolute atomic E-state index is 12.9. The van der Waals surface area contributed by atoms with Crippen LogP contribution in [-0.4, -0.2) is 65.8 Å². The number of anilines is 1. The molecule has 3 saturated heterocycles. The number of aliphatic hydroxyl groups is 2. The average Bonchev–Trinajstić information content (AvgIpc) is 3.31. The number of rotatable bonds is 1. The van der Waals surface area contributed by atoms with E-state index in [4.69, 9.17) is 9.47 Å². The highest BCUT2D eigenvalue weighted by atomic mass is 16.6. The highest BCUT2D eigenvalue weighted by Crippen LogP contribution is 2.67. The first-order valence-electron chi connectivity index (χ1n) is 9.96. The van der Waals surface area contributed by atoms with Crippen LogP contribution in [-0.2, 0) is 19.7 Å². The molecule has 7 nitrogen and oxygen atoms in total. The van der Waals surface area contributed by atoms with Crippen molar-refractivity contribution >= 4 is 11.7 Å². The third kappa shape index (κ3) is 1.73. The van der Waals surface area contributed by atoms with Gasteiger partial charge in [0.25, 0.3) is 0 Å². The van der Waals surface area contributed by atoms with Crippen molar-refractivity contribution in [3.05, 3.63) is 41.1 Å². The summed E-state index contributed by atoms with van der Waals surface area (Å²) in [5.41, 5.74) is 2.13. The Morgan fingerprint density at radius 3 is 3.00 bits per heavy atom. The number of piperidine rings is 1. The predicted molar refractivity (Wildman–Crippen MR) is 99.3 cm³/mol. The lowest BCUT2D eigenvalue weighted by atomic mass is 9.52. The Morgan fingerprint density at radius 2 is 2.18 bits per heavy atom. The van der Waals surface area contributed by atoms with Gasteiger partial charge in [-0.1, -0.05) is 18.2 Å². The van der Waals surface area contributed by atoms with Crippen LogP contribution in [0.3, 0.4) is 0 Å². The van der Waals surface area contributed by atoms with Crippen LogP contribution in [0.15, 0.2) is 35.5 Å². The van der Waals surface area contributed by atoms with Gasteiger partial charge in [-0.05, 0) is 24.5 Å². The molecule has 5 aliphatic rings. The zero-order chi connectivity index (χ0) is 19.3. The number of nitrogens with zero attached hydrogens (tertiary/aromatic N) is 1. The summed E-state index contributed by atoms with van der Waals surface area (Å²) >= 11 is 0. The Morgan fingerprint density at radius 1 is 1.36 bits per heavy atom. The number of fused-ring (bicyclic) bond motifs is 1. The molecule has 0 radical (unpaired) electrons. The summed E-state index contributed by atoms with van der Waals surface area (Å²) in [7, 11) is 1.39. The zero-order valence-corrected chi connectivity index (χ0v) is 15.7. The molecule has 3 N–H and O–H groups in total. The van der Waals surface area contributed by atoms with Gasteiger partial charge >= 0.3 is 5.97 Å². The summed E-state index contributed by atoms with van der Waals surface area (Å²) in [6.07, 6.45) is 0.0907. The molecule has 6 unspecified atom stereocenters. The van der Waals surface area contributed by atoms with E-state index in [1.807, 2.05) is 24.3 Å². The molecule has 148 valence electrons. The Balaban J connectivity index is 1.68. The van der Waals surface area contributed by atoms with E-state index < -0.39 is 23.2 Å². The molecule has 6 atom stereocenters. The molecule has 7 heteroatoms. The summed E-state index contributed by atoms with van der Waals surface area (Å²) < 4.78 is 11.1. The minimum atomic E-state index is -0.843. The van der Waals surface area contributed by atoms with E-state index >= 15 is 0 Å². The van der Waals surface area contributed by atoms with Crippen molar-refractivity contribution in [2.45, 2.75) is 49.2 Å². The summed E-state index contributed by atoms with van der Waals surface area (Å²) in [5, 5.41) is 25.3. The number of carbonyl (C=O) groups excluding carboxylic acids is 1. The summed E-state index contributed by atoms with van der Waals surface area (Å²) in [4.78, 5) is 15.2. The maximum atomic E-state index is 12.9. The standard InChI is InChI=1S/C21H24N2O5/c1-27-18(26)11-8-20-9-16(25)28-15(20)6-7-23-10-14(24)21(19(20)23)12-4-2-3-5-13(12)22-17(11)21/h2-5,14-16,19,22,24-25H,6-10H2,1H3. The van der Waals surface area contributed by atoms with Crippen molar-refractivity contribution in [2.24, 2.45) is 5.41 Å². The second-order valence-electron chi connectivity index (χ2n) is 8.78. The van der Waals surface area contributed by atoms with Gasteiger partial charge in [0.15, 0.2) is 6.29 Å². The molecule has 1 aromatic rings. The molecular formula is C21H24N2O5. The van der Waals surface area contributed by atoms with E-state index in [0.717, 1.165) is 29.9 Å². The maximum Gasteiger partial charge on any atom is 0.335 e. The number of benzene rings is 1. The first kappa shape index (κ1) is 17.0. The Bertz CT molecular complexity index is 916. The lowest BCUT2D eigenvalue weighted by molar-refractivity contribution is -0.139. The van der Waals surface area contributed by atoms with Crippen molar-refractivity contribution < 1.29 is 24.5 Å². The van der Waals surface area contributed by atoms with Gasteiger partial charge < -0.3 is 25.0 Å². The van der Waals surface area contributed by atoms with E-state index in [1.54, 1.807) is 0 Å². The molecule has 0 aromatic heterocycles. The molecule has 28 heavy (non-hydrogen) atoms. The van der Waals surface area contributed by atoms with Crippen LogP contribution in [0.25, 0.3) is 0 Å². The number of nitrogens with one attached hydrogen (secondary N) is 1. The smallest absolute Gasteiger partial charge is 0.335 e. The van der Waals surface area contributed by atoms with Crippen LogP contribution in [0.5, 0.6) is 0 Å². The Labute approximate surface area is 162 Å². The molecule has 1 aliphatic carbocycles. The van der Waals surface area contributed by atoms with E-state index in [2.05, 4.69) is 10.2 Å². The fraction of sp³-hybridized carbons (Fsp3) is 0.571. The minimum absolute atomic E-state index is 0.0366. The number of methoxy groups -OCH3 is 1. The molecule has 0 amide bonds. The van der Waals surface area contributed by atoms with Crippen molar-refractivity contribution in [3.63, 3.8) is 0 Å². The molecule has 0 bridgehead atoms. The van der Waals surface area contributed by atoms with Crippen molar-refractivity contribution in [1.82, 2.24) is 4.90 Å². The van der Waals surface area contributed by atoms with Crippen LogP contribution in [0, 0.1) is 5.41 Å². The molecular weight excluding hydrogens is 360 g/mol. The molecule has 3 fully saturated rings. The molecule has 4 aliphatic heterocycles. The van der Waals surface area contributed by atoms with Crippen molar-refractivity contribution in [3.8, 4) is 0 Å². The van der Waals surface area contributed by atoms with Gasteiger partial charge in [0, 0.05) is 42.4 Å². The lowest BCUT2D eigenvalue weighted by Gasteiger charge is -2.56. The molecule has 2 spiro atoms. The highest BCUT2D eigenvalue weighted by molar-refractivity contribution is 5.93. The fourth-order valence-corrected chi connectivity index (χ4v) is 7.01. The van der Waals surface area contributed by atoms with E-state index in [0.29, 0.717) is 25.0 Å². The molecule has 4 heterocycles. The number of hydrogen-bond donors (Lipinski definition) is 3. The Hall–Kier alpha value is -1.93. The van der Waals surface area contributed by atoms with Gasteiger partial charge in [-0.25, -0.2) is 4.79 Å². The monoisotopic (exact) mass is 384 g/mol. The van der Waals surface area contributed by atoms with Crippen molar-refractivity contribution in [2.75, 3.05) is 25.5 Å². The van der Waals surface area contributed by atoms with Gasteiger partial charge in [0.2, 0.25) is 0 Å². The van der Waals surface area contributed by atoms with Gasteiger partial charge in [-0.2, -0.15) is 0 Å². The first-order valence-corrected chi connectivity index (χ1v) is 9.96. The topological polar surface area (TPSA) is 91.3 Å². The number of para-hydroxylation sites is 1. The minimum Gasteiger partial charge on any atom is -0.466 e. The fourth-order valence-electron chi connectivity index (χ4n) is 7.01. The average molecular weight is 384 g/mol. The number of aliphatic hydroxyl groups excluding tert-OH is 2. The summed E-state index contributed by atoms with van der Waals surface area (Å²) in [5.74, 6) is -0.376. The SMILES string of the molecule is COC(=O)C1=C2Nc3ccccc3C23C(O)CN2CCC4OC(O)CC4(C1)C23.